The van der Waals surface area contributed by atoms with Crippen molar-refractivity contribution in [2.75, 3.05) is 12.9 Å². The van der Waals surface area contributed by atoms with Crippen LogP contribution in [0.2, 0.25) is 5.02 Å². The molecule has 2 aromatic rings. The second-order valence-corrected chi connectivity index (χ2v) is 7.11. The minimum atomic E-state index is -0.828. The van der Waals surface area contributed by atoms with Gasteiger partial charge in [0, 0.05) is 11.3 Å². The maximum atomic E-state index is 11.1. The van der Waals surface area contributed by atoms with E-state index in [-0.39, 0.29) is 5.37 Å². The van der Waals surface area contributed by atoms with Crippen molar-refractivity contribution in [3.8, 4) is 11.5 Å². The lowest BCUT2D eigenvalue weighted by Gasteiger charge is -2.16. The molecule has 1 aliphatic rings. The number of hydrogen-bond acceptors (Lipinski definition) is 5. The molecule has 132 valence electrons. The zero-order valence-corrected chi connectivity index (χ0v) is 15.1. The molecule has 0 unspecified atom stereocenters. The summed E-state index contributed by atoms with van der Waals surface area (Å²) in [6.45, 7) is 0.306. The largest absolute Gasteiger partial charge is 0.496 e. The van der Waals surface area contributed by atoms with Gasteiger partial charge in [0.15, 0.2) is 0 Å². The van der Waals surface area contributed by atoms with Crippen LogP contribution in [0.3, 0.4) is 0 Å². The highest BCUT2D eigenvalue weighted by molar-refractivity contribution is 7.99. The van der Waals surface area contributed by atoms with Crippen molar-refractivity contribution >= 4 is 29.3 Å². The van der Waals surface area contributed by atoms with Crippen LogP contribution >= 0.6 is 23.4 Å². The molecular weight excluding hydrogens is 362 g/mol. The SMILES string of the molecule is COc1ccc([C@H]2N[C@H](C(=O)O)CS2)cc1COc1ccccc1Cl. The highest BCUT2D eigenvalue weighted by atomic mass is 35.5. The fourth-order valence-corrected chi connectivity index (χ4v) is 4.01. The number of para-hydroxylation sites is 1. The Balaban J connectivity index is 1.76. The van der Waals surface area contributed by atoms with Crippen molar-refractivity contribution in [2.45, 2.75) is 18.0 Å². The zero-order valence-electron chi connectivity index (χ0n) is 13.6. The van der Waals surface area contributed by atoms with Crippen LogP contribution in [-0.2, 0) is 11.4 Å². The normalized spacial score (nSPS) is 19.6. The van der Waals surface area contributed by atoms with Crippen LogP contribution in [-0.4, -0.2) is 30.0 Å². The summed E-state index contributed by atoms with van der Waals surface area (Å²) in [5.41, 5.74) is 1.87. The quantitative estimate of drug-likeness (QED) is 0.797. The van der Waals surface area contributed by atoms with Crippen molar-refractivity contribution in [1.29, 1.82) is 0 Å². The monoisotopic (exact) mass is 379 g/mol. The van der Waals surface area contributed by atoms with Crippen molar-refractivity contribution in [3.05, 3.63) is 58.6 Å². The molecule has 0 aliphatic carbocycles. The number of carboxylic acids is 1. The van der Waals surface area contributed by atoms with Crippen LogP contribution in [0.25, 0.3) is 0 Å². The van der Waals surface area contributed by atoms with E-state index in [1.165, 1.54) is 0 Å². The molecule has 0 aromatic heterocycles. The smallest absolute Gasteiger partial charge is 0.321 e. The summed E-state index contributed by atoms with van der Waals surface area (Å²) >= 11 is 7.70. The molecule has 2 N–H and O–H groups in total. The van der Waals surface area contributed by atoms with Gasteiger partial charge >= 0.3 is 5.97 Å². The van der Waals surface area contributed by atoms with Gasteiger partial charge in [-0.2, -0.15) is 0 Å². The van der Waals surface area contributed by atoms with Crippen LogP contribution in [0.5, 0.6) is 11.5 Å². The molecule has 1 fully saturated rings. The van der Waals surface area contributed by atoms with Crippen molar-refractivity contribution in [1.82, 2.24) is 5.32 Å². The van der Waals surface area contributed by atoms with Gasteiger partial charge in [0.25, 0.3) is 0 Å². The minimum absolute atomic E-state index is 0.0638. The Kier molecular flexibility index (Phi) is 5.73. The molecule has 0 spiro atoms. The Hall–Kier alpha value is -1.89. The summed E-state index contributed by atoms with van der Waals surface area (Å²) in [7, 11) is 1.61. The topological polar surface area (TPSA) is 67.8 Å². The van der Waals surface area contributed by atoms with Gasteiger partial charge in [-0.25, -0.2) is 0 Å². The van der Waals surface area contributed by atoms with Gasteiger partial charge in [-0.05, 0) is 29.8 Å². The Labute approximate surface area is 155 Å². The summed E-state index contributed by atoms with van der Waals surface area (Å²) in [6.07, 6.45) is 0. The molecule has 2 aromatic carbocycles. The lowest BCUT2D eigenvalue weighted by molar-refractivity contribution is -0.138. The number of ether oxygens (including phenoxy) is 2. The van der Waals surface area contributed by atoms with E-state index in [9.17, 15) is 4.79 Å². The van der Waals surface area contributed by atoms with E-state index in [0.717, 1.165) is 11.1 Å². The Morgan fingerprint density at radius 3 is 2.80 bits per heavy atom. The van der Waals surface area contributed by atoms with E-state index in [0.29, 0.717) is 28.9 Å². The fourth-order valence-electron chi connectivity index (χ4n) is 2.60. The van der Waals surface area contributed by atoms with E-state index < -0.39 is 12.0 Å². The maximum Gasteiger partial charge on any atom is 0.321 e. The number of thioether (sulfide) groups is 1. The second-order valence-electron chi connectivity index (χ2n) is 5.56. The van der Waals surface area contributed by atoms with Gasteiger partial charge in [-0.15, -0.1) is 11.8 Å². The summed E-state index contributed by atoms with van der Waals surface area (Å²) in [6, 6.07) is 12.5. The van der Waals surface area contributed by atoms with Gasteiger partial charge in [-0.1, -0.05) is 29.8 Å². The lowest BCUT2D eigenvalue weighted by atomic mass is 10.1. The van der Waals surface area contributed by atoms with Crippen molar-refractivity contribution in [2.24, 2.45) is 0 Å². The first-order valence-corrected chi connectivity index (χ1v) is 9.15. The first kappa shape index (κ1) is 17.9. The third kappa shape index (κ3) is 4.21. The molecule has 0 saturated carbocycles. The average molecular weight is 380 g/mol. The molecule has 5 nitrogen and oxygen atoms in total. The number of nitrogens with one attached hydrogen (secondary N) is 1. The number of carbonyl (C=O) groups is 1. The van der Waals surface area contributed by atoms with Gasteiger partial charge in [0.1, 0.15) is 24.1 Å². The summed E-state index contributed by atoms with van der Waals surface area (Å²) < 4.78 is 11.2. The van der Waals surface area contributed by atoms with Crippen LogP contribution in [0.4, 0.5) is 0 Å². The molecule has 0 radical (unpaired) electrons. The molecule has 1 saturated heterocycles. The van der Waals surface area contributed by atoms with E-state index in [1.54, 1.807) is 24.9 Å². The van der Waals surface area contributed by atoms with Crippen LogP contribution in [0.15, 0.2) is 42.5 Å². The molecule has 7 heteroatoms. The number of aliphatic carboxylic acids is 1. The molecule has 1 aliphatic heterocycles. The number of carboxylic acid groups (broad SMARTS) is 1. The first-order valence-electron chi connectivity index (χ1n) is 7.73. The van der Waals surface area contributed by atoms with E-state index in [4.69, 9.17) is 26.2 Å². The van der Waals surface area contributed by atoms with Gasteiger partial charge in [0.2, 0.25) is 0 Å². The van der Waals surface area contributed by atoms with Gasteiger partial charge in [0.05, 0.1) is 17.5 Å². The molecular formula is C18H18ClNO4S. The highest BCUT2D eigenvalue weighted by Crippen LogP contribution is 2.35. The first-order chi connectivity index (χ1) is 12.1. The number of rotatable bonds is 6. The predicted molar refractivity (Wildman–Crippen MR) is 98.5 cm³/mol. The number of benzene rings is 2. The van der Waals surface area contributed by atoms with Gasteiger partial charge in [-0.3, -0.25) is 10.1 Å². The minimum Gasteiger partial charge on any atom is -0.496 e. The molecule has 25 heavy (non-hydrogen) atoms. The molecule has 1 heterocycles. The Bertz CT molecular complexity index is 770. The summed E-state index contributed by atoms with van der Waals surface area (Å²) in [5.74, 6) is 1.03. The zero-order chi connectivity index (χ0) is 17.8. The Morgan fingerprint density at radius 2 is 2.12 bits per heavy atom. The standard InChI is InChI=1S/C18H18ClNO4S/c1-23-15-7-6-11(17-20-14(10-25-17)18(21)22)8-12(15)9-24-16-5-3-2-4-13(16)19/h2-8,14,17,20H,9-10H2,1H3,(H,21,22)/t14-,17-/m0/s1. The highest BCUT2D eigenvalue weighted by Gasteiger charge is 2.30. The van der Waals surface area contributed by atoms with E-state index in [1.807, 2.05) is 36.4 Å². The fraction of sp³-hybridized carbons (Fsp3) is 0.278. The predicted octanol–water partition coefficient (Wildman–Crippen LogP) is 3.72. The Morgan fingerprint density at radius 1 is 1.32 bits per heavy atom. The number of hydrogen-bond donors (Lipinski definition) is 2. The van der Waals surface area contributed by atoms with Crippen molar-refractivity contribution in [3.63, 3.8) is 0 Å². The molecule has 0 amide bonds. The van der Waals surface area contributed by atoms with Crippen LogP contribution in [0, 0.1) is 0 Å². The number of methoxy groups -OCH3 is 1. The van der Waals surface area contributed by atoms with E-state index >= 15 is 0 Å². The number of halogens is 1. The molecule has 3 rings (SSSR count). The van der Waals surface area contributed by atoms with Crippen LogP contribution < -0.4 is 14.8 Å². The molecule has 0 bridgehead atoms. The third-order valence-corrected chi connectivity index (χ3v) is 5.49. The second kappa shape index (κ2) is 7.99. The maximum absolute atomic E-state index is 11.1. The average Bonchev–Trinajstić information content (AvgIpc) is 3.11. The van der Waals surface area contributed by atoms with Gasteiger partial charge < -0.3 is 14.6 Å². The van der Waals surface area contributed by atoms with Crippen molar-refractivity contribution < 1.29 is 19.4 Å². The lowest BCUT2D eigenvalue weighted by Crippen LogP contribution is -2.33. The summed E-state index contributed by atoms with van der Waals surface area (Å²) in [4.78, 5) is 11.1. The third-order valence-electron chi connectivity index (χ3n) is 3.91. The van der Waals surface area contributed by atoms with E-state index in [2.05, 4.69) is 5.32 Å². The van der Waals surface area contributed by atoms with Crippen LogP contribution in [0.1, 0.15) is 16.5 Å². The molecule has 2 atom stereocenters. The summed E-state index contributed by atoms with van der Waals surface area (Å²) in [5, 5.41) is 12.7.